The number of fused-ring (bicyclic) bond motifs is 2. The highest BCUT2D eigenvalue weighted by Crippen LogP contribution is 2.27. The minimum Gasteiger partial charge on any atom is -0.341 e. The lowest BCUT2D eigenvalue weighted by atomic mass is 9.85. The van der Waals surface area contributed by atoms with Crippen molar-refractivity contribution in [2.75, 3.05) is 13.6 Å². The van der Waals surface area contributed by atoms with Crippen molar-refractivity contribution < 1.29 is 4.79 Å². The van der Waals surface area contributed by atoms with Gasteiger partial charge < -0.3 is 4.90 Å². The fourth-order valence-corrected chi connectivity index (χ4v) is 3.70. The standard InChI is InChI=1S/C21H21N7O/c1-27(12-13-4-3-5-13)21(29)14-6-7-16-17(8-14)24-19(11-22-16)15-9-18-20(23-10-15)26-28(2)25-18/h6-11,13H,3-5,12H2,1-2H3. The predicted octanol–water partition coefficient (Wildman–Crippen LogP) is 2.85. The molecule has 29 heavy (non-hydrogen) atoms. The summed E-state index contributed by atoms with van der Waals surface area (Å²) in [6.07, 6.45) is 7.14. The lowest BCUT2D eigenvalue weighted by Crippen LogP contribution is -2.34. The molecule has 1 saturated carbocycles. The fraction of sp³-hybridized carbons (Fsp3) is 0.333. The maximum absolute atomic E-state index is 12.8. The van der Waals surface area contributed by atoms with E-state index in [9.17, 15) is 4.79 Å². The van der Waals surface area contributed by atoms with Gasteiger partial charge in [-0.15, -0.1) is 5.10 Å². The summed E-state index contributed by atoms with van der Waals surface area (Å²) in [5.41, 5.74) is 4.86. The third kappa shape index (κ3) is 3.30. The Labute approximate surface area is 167 Å². The quantitative estimate of drug-likeness (QED) is 0.535. The Morgan fingerprint density at radius 2 is 1.97 bits per heavy atom. The molecule has 1 amide bonds. The Bertz CT molecular complexity index is 1230. The number of aromatic nitrogens is 6. The van der Waals surface area contributed by atoms with Gasteiger partial charge in [0.25, 0.3) is 5.91 Å². The van der Waals surface area contributed by atoms with Crippen LogP contribution in [-0.4, -0.2) is 54.3 Å². The molecular formula is C21H21N7O. The topological polar surface area (TPSA) is 89.7 Å². The van der Waals surface area contributed by atoms with E-state index in [2.05, 4.69) is 20.2 Å². The van der Waals surface area contributed by atoms with E-state index in [0.717, 1.165) is 17.6 Å². The summed E-state index contributed by atoms with van der Waals surface area (Å²) in [7, 11) is 3.63. The first-order valence-electron chi connectivity index (χ1n) is 9.76. The summed E-state index contributed by atoms with van der Waals surface area (Å²) < 4.78 is 0. The van der Waals surface area contributed by atoms with E-state index < -0.39 is 0 Å². The van der Waals surface area contributed by atoms with Crippen molar-refractivity contribution in [1.29, 1.82) is 0 Å². The van der Waals surface area contributed by atoms with Gasteiger partial charge in [0.1, 0.15) is 5.52 Å². The monoisotopic (exact) mass is 387 g/mol. The number of aryl methyl sites for hydroxylation is 1. The van der Waals surface area contributed by atoms with Crippen LogP contribution in [0.25, 0.3) is 33.5 Å². The number of amides is 1. The van der Waals surface area contributed by atoms with Crippen molar-refractivity contribution >= 4 is 28.1 Å². The van der Waals surface area contributed by atoms with E-state index in [-0.39, 0.29) is 5.91 Å². The van der Waals surface area contributed by atoms with E-state index in [0.29, 0.717) is 33.9 Å². The molecule has 1 fully saturated rings. The fourth-order valence-electron chi connectivity index (χ4n) is 3.70. The predicted molar refractivity (Wildman–Crippen MR) is 109 cm³/mol. The Hall–Kier alpha value is -3.42. The average Bonchev–Trinajstić information content (AvgIpc) is 3.08. The van der Waals surface area contributed by atoms with E-state index in [1.54, 1.807) is 19.4 Å². The van der Waals surface area contributed by atoms with Crippen molar-refractivity contribution in [2.24, 2.45) is 13.0 Å². The van der Waals surface area contributed by atoms with Crippen LogP contribution in [0.1, 0.15) is 29.6 Å². The van der Waals surface area contributed by atoms with Gasteiger partial charge in [0.15, 0.2) is 0 Å². The molecule has 5 rings (SSSR count). The van der Waals surface area contributed by atoms with Crippen LogP contribution in [0, 0.1) is 5.92 Å². The second kappa shape index (κ2) is 6.88. The smallest absolute Gasteiger partial charge is 0.253 e. The third-order valence-corrected chi connectivity index (χ3v) is 5.53. The minimum atomic E-state index is 0.0219. The summed E-state index contributed by atoms with van der Waals surface area (Å²) in [5, 5.41) is 8.49. The second-order valence-electron chi connectivity index (χ2n) is 7.70. The van der Waals surface area contributed by atoms with Crippen molar-refractivity contribution in [3.63, 3.8) is 0 Å². The number of pyridine rings is 1. The molecule has 0 aliphatic heterocycles. The van der Waals surface area contributed by atoms with Crippen molar-refractivity contribution in [2.45, 2.75) is 19.3 Å². The average molecular weight is 387 g/mol. The summed E-state index contributed by atoms with van der Waals surface area (Å²) in [6, 6.07) is 7.39. The van der Waals surface area contributed by atoms with Gasteiger partial charge in [0, 0.05) is 38.0 Å². The third-order valence-electron chi connectivity index (χ3n) is 5.53. The van der Waals surface area contributed by atoms with Crippen LogP contribution < -0.4 is 0 Å². The number of carbonyl (C=O) groups is 1. The van der Waals surface area contributed by atoms with Crippen molar-refractivity contribution in [3.8, 4) is 11.3 Å². The molecule has 0 radical (unpaired) electrons. The first kappa shape index (κ1) is 17.7. The molecule has 1 aromatic carbocycles. The maximum atomic E-state index is 12.8. The van der Waals surface area contributed by atoms with Crippen LogP contribution in [0.2, 0.25) is 0 Å². The minimum absolute atomic E-state index is 0.0219. The number of carbonyl (C=O) groups excluding carboxylic acids is 1. The Morgan fingerprint density at radius 1 is 1.10 bits per heavy atom. The van der Waals surface area contributed by atoms with Gasteiger partial charge in [-0.05, 0) is 43.0 Å². The second-order valence-corrected chi connectivity index (χ2v) is 7.70. The number of hydrogen-bond donors (Lipinski definition) is 0. The lowest BCUT2D eigenvalue weighted by Gasteiger charge is -2.30. The highest BCUT2D eigenvalue weighted by Gasteiger charge is 2.22. The van der Waals surface area contributed by atoms with E-state index >= 15 is 0 Å². The molecule has 8 nitrogen and oxygen atoms in total. The summed E-state index contributed by atoms with van der Waals surface area (Å²) in [5.74, 6) is 0.660. The van der Waals surface area contributed by atoms with Gasteiger partial charge in [0.2, 0.25) is 5.65 Å². The summed E-state index contributed by atoms with van der Waals surface area (Å²) >= 11 is 0. The lowest BCUT2D eigenvalue weighted by molar-refractivity contribution is 0.0745. The van der Waals surface area contributed by atoms with Gasteiger partial charge in [-0.25, -0.2) is 9.97 Å². The Kier molecular flexibility index (Phi) is 4.19. The summed E-state index contributed by atoms with van der Waals surface area (Å²) in [6.45, 7) is 0.812. The van der Waals surface area contributed by atoms with E-state index in [4.69, 9.17) is 4.98 Å². The number of benzene rings is 1. The maximum Gasteiger partial charge on any atom is 0.253 e. The molecule has 146 valence electrons. The van der Waals surface area contributed by atoms with Crippen molar-refractivity contribution in [3.05, 3.63) is 42.2 Å². The van der Waals surface area contributed by atoms with Gasteiger partial charge in [-0.3, -0.25) is 9.78 Å². The summed E-state index contributed by atoms with van der Waals surface area (Å²) in [4.78, 5) is 29.7. The van der Waals surface area contributed by atoms with E-state index in [1.807, 2.05) is 36.2 Å². The van der Waals surface area contributed by atoms with Gasteiger partial charge >= 0.3 is 0 Å². The van der Waals surface area contributed by atoms with Crippen molar-refractivity contribution in [1.82, 2.24) is 34.8 Å². The normalized spacial score (nSPS) is 14.3. The molecule has 0 N–H and O–H groups in total. The Balaban J connectivity index is 1.47. The molecule has 0 atom stereocenters. The number of nitrogens with zero attached hydrogens (tertiary/aromatic N) is 7. The number of hydrogen-bond acceptors (Lipinski definition) is 6. The van der Waals surface area contributed by atoms with Gasteiger partial charge in [-0.1, -0.05) is 6.42 Å². The molecule has 3 aromatic heterocycles. The first-order chi connectivity index (χ1) is 14.1. The van der Waals surface area contributed by atoms with Crippen LogP contribution >= 0.6 is 0 Å². The highest BCUT2D eigenvalue weighted by atomic mass is 16.2. The molecule has 0 spiro atoms. The zero-order valence-electron chi connectivity index (χ0n) is 16.4. The van der Waals surface area contributed by atoms with Crippen LogP contribution in [0.4, 0.5) is 0 Å². The van der Waals surface area contributed by atoms with E-state index in [1.165, 1.54) is 24.1 Å². The molecule has 1 aliphatic carbocycles. The van der Waals surface area contributed by atoms with Crippen LogP contribution in [-0.2, 0) is 7.05 Å². The molecule has 4 aromatic rings. The largest absolute Gasteiger partial charge is 0.341 e. The van der Waals surface area contributed by atoms with Gasteiger partial charge in [0.05, 0.1) is 22.9 Å². The van der Waals surface area contributed by atoms with Crippen LogP contribution in [0.15, 0.2) is 36.7 Å². The number of rotatable bonds is 4. The SMILES string of the molecule is CN(CC1CCC1)C(=O)c1ccc2ncc(-c3cnc4nn(C)nc4c3)nc2c1. The zero-order chi connectivity index (χ0) is 20.0. The molecule has 0 saturated heterocycles. The molecule has 3 heterocycles. The molecule has 0 bridgehead atoms. The Morgan fingerprint density at radius 3 is 2.76 bits per heavy atom. The molecular weight excluding hydrogens is 366 g/mol. The molecule has 1 aliphatic rings. The zero-order valence-corrected chi connectivity index (χ0v) is 16.4. The highest BCUT2D eigenvalue weighted by molar-refractivity contribution is 5.97. The van der Waals surface area contributed by atoms with Gasteiger partial charge in [-0.2, -0.15) is 9.90 Å². The molecule has 0 unspecified atom stereocenters. The van der Waals surface area contributed by atoms with Crippen LogP contribution in [0.5, 0.6) is 0 Å². The molecule has 8 heteroatoms. The van der Waals surface area contributed by atoms with Crippen LogP contribution in [0.3, 0.4) is 0 Å². The first-order valence-corrected chi connectivity index (χ1v) is 9.76.